The minimum absolute atomic E-state index is 0.219. The van der Waals surface area contributed by atoms with Gasteiger partial charge < -0.3 is 10.4 Å². The summed E-state index contributed by atoms with van der Waals surface area (Å²) in [6.45, 7) is 0. The maximum Gasteiger partial charge on any atom is 0.337 e. The quantitative estimate of drug-likeness (QED) is 0.651. The highest BCUT2D eigenvalue weighted by Crippen LogP contribution is 2.13. The first-order valence-corrected chi connectivity index (χ1v) is 5.87. The number of carbonyl (C=O) groups is 1. The molecule has 0 unspecified atom stereocenters. The Morgan fingerprint density at radius 3 is 2.47 bits per heavy atom. The van der Waals surface area contributed by atoms with Gasteiger partial charge in [0.15, 0.2) is 0 Å². The maximum atomic E-state index is 11.0. The van der Waals surface area contributed by atoms with Gasteiger partial charge in [0.2, 0.25) is 0 Å². The molecule has 0 atom stereocenters. The van der Waals surface area contributed by atoms with Gasteiger partial charge in [-0.15, -0.1) is 0 Å². The molecular formula is C16H13NO2. The monoisotopic (exact) mass is 251 g/mol. The van der Waals surface area contributed by atoms with Crippen LogP contribution < -0.4 is 5.32 Å². The number of carboxylic acids is 1. The second kappa shape index (κ2) is 6.27. The van der Waals surface area contributed by atoms with Crippen LogP contribution in [0.1, 0.15) is 15.9 Å². The molecule has 3 nitrogen and oxygen atoms in total. The Labute approximate surface area is 111 Å². The van der Waals surface area contributed by atoms with E-state index in [1.807, 2.05) is 30.3 Å². The fourth-order valence-electron chi connectivity index (χ4n) is 1.63. The second-order valence-electron chi connectivity index (χ2n) is 3.94. The highest BCUT2D eigenvalue weighted by atomic mass is 16.4. The molecule has 0 amide bonds. The number of hydrogen-bond acceptors (Lipinski definition) is 2. The van der Waals surface area contributed by atoms with Crippen LogP contribution in [0, 0.1) is 12.0 Å². The zero-order valence-electron chi connectivity index (χ0n) is 10.3. The fourth-order valence-corrected chi connectivity index (χ4v) is 1.63. The molecule has 0 heterocycles. The average Bonchev–Trinajstić information content (AvgIpc) is 2.45. The molecule has 0 spiro atoms. The highest BCUT2D eigenvalue weighted by Gasteiger charge is 2.06. The molecule has 2 N–H and O–H groups in total. The van der Waals surface area contributed by atoms with Crippen LogP contribution in [0.15, 0.2) is 54.6 Å². The van der Waals surface area contributed by atoms with Gasteiger partial charge in [-0.25, -0.2) is 4.79 Å². The van der Waals surface area contributed by atoms with Gasteiger partial charge in [-0.05, 0) is 17.7 Å². The SMILES string of the molecule is O=C(O)c1ccccc1NC#CCc1ccccc1. The largest absolute Gasteiger partial charge is 0.478 e. The molecule has 3 heteroatoms. The van der Waals surface area contributed by atoms with Crippen LogP contribution in [0.3, 0.4) is 0 Å². The number of carboxylic acid groups (broad SMARTS) is 1. The summed E-state index contributed by atoms with van der Waals surface area (Å²) in [5.41, 5.74) is 1.86. The Bertz CT molecular complexity index is 624. The van der Waals surface area contributed by atoms with Crippen molar-refractivity contribution < 1.29 is 9.90 Å². The third-order valence-electron chi connectivity index (χ3n) is 2.58. The first-order chi connectivity index (χ1) is 9.27. The van der Waals surface area contributed by atoms with Crippen LogP contribution in [0.4, 0.5) is 5.69 Å². The van der Waals surface area contributed by atoms with Gasteiger partial charge in [0, 0.05) is 12.5 Å². The van der Waals surface area contributed by atoms with Crippen LogP contribution in [-0.4, -0.2) is 11.1 Å². The Morgan fingerprint density at radius 1 is 1.05 bits per heavy atom. The van der Waals surface area contributed by atoms with Crippen molar-refractivity contribution in [1.29, 1.82) is 0 Å². The van der Waals surface area contributed by atoms with Crippen molar-refractivity contribution in [2.75, 3.05) is 5.32 Å². The molecule has 19 heavy (non-hydrogen) atoms. The fraction of sp³-hybridized carbons (Fsp3) is 0.0625. The van der Waals surface area contributed by atoms with Gasteiger partial charge >= 0.3 is 5.97 Å². The maximum absolute atomic E-state index is 11.0. The van der Waals surface area contributed by atoms with E-state index in [0.29, 0.717) is 12.1 Å². The molecule has 94 valence electrons. The topological polar surface area (TPSA) is 49.3 Å². The van der Waals surface area contributed by atoms with Crippen molar-refractivity contribution >= 4 is 11.7 Å². The van der Waals surface area contributed by atoms with E-state index < -0.39 is 5.97 Å². The number of para-hydroxylation sites is 1. The standard InChI is InChI=1S/C16H13NO2/c18-16(19)14-10-4-5-11-15(14)17-12-6-9-13-7-2-1-3-8-13/h1-5,7-8,10-11,17H,9H2,(H,18,19). The van der Waals surface area contributed by atoms with Gasteiger partial charge in [-0.3, -0.25) is 0 Å². The number of hydrogen-bond donors (Lipinski definition) is 2. The zero-order chi connectivity index (χ0) is 13.5. The first-order valence-electron chi connectivity index (χ1n) is 5.87. The van der Waals surface area contributed by atoms with E-state index in [1.54, 1.807) is 24.3 Å². The minimum Gasteiger partial charge on any atom is -0.478 e. The van der Waals surface area contributed by atoms with Crippen LogP contribution >= 0.6 is 0 Å². The third kappa shape index (κ3) is 3.62. The molecular weight excluding hydrogens is 238 g/mol. The lowest BCUT2D eigenvalue weighted by Crippen LogP contribution is -2.01. The lowest BCUT2D eigenvalue weighted by molar-refractivity contribution is 0.0698. The molecule has 0 radical (unpaired) electrons. The normalized spacial score (nSPS) is 9.26. The van der Waals surface area contributed by atoms with Crippen LogP contribution in [0.25, 0.3) is 0 Å². The Hall–Kier alpha value is -2.73. The summed E-state index contributed by atoms with van der Waals surface area (Å²) in [6.07, 6.45) is 0.628. The molecule has 0 aliphatic carbocycles. The zero-order valence-corrected chi connectivity index (χ0v) is 10.3. The van der Waals surface area contributed by atoms with Crippen LogP contribution in [0.2, 0.25) is 0 Å². The average molecular weight is 251 g/mol. The van der Waals surface area contributed by atoms with E-state index in [-0.39, 0.29) is 5.56 Å². The Balaban J connectivity index is 2.02. The summed E-state index contributed by atoms with van der Waals surface area (Å²) < 4.78 is 0. The molecule has 0 saturated carbocycles. The van der Waals surface area contributed by atoms with Crippen molar-refractivity contribution in [2.45, 2.75) is 6.42 Å². The van der Waals surface area contributed by atoms with Gasteiger partial charge in [-0.1, -0.05) is 48.4 Å². The second-order valence-corrected chi connectivity index (χ2v) is 3.94. The van der Waals surface area contributed by atoms with E-state index in [1.165, 1.54) is 0 Å². The van der Waals surface area contributed by atoms with Crippen LogP contribution in [0.5, 0.6) is 0 Å². The molecule has 0 saturated heterocycles. The van der Waals surface area contributed by atoms with Crippen molar-refractivity contribution in [3.63, 3.8) is 0 Å². The molecule has 2 aromatic rings. The molecule has 0 aliphatic heterocycles. The van der Waals surface area contributed by atoms with Crippen molar-refractivity contribution in [3.8, 4) is 12.0 Å². The summed E-state index contributed by atoms with van der Waals surface area (Å²) in [7, 11) is 0. The predicted molar refractivity (Wildman–Crippen MR) is 74.9 cm³/mol. The summed E-state index contributed by atoms with van der Waals surface area (Å²) in [4.78, 5) is 11.0. The number of anilines is 1. The van der Waals surface area contributed by atoms with Gasteiger partial charge in [0.25, 0.3) is 0 Å². The van der Waals surface area contributed by atoms with Crippen molar-refractivity contribution in [3.05, 3.63) is 65.7 Å². The van der Waals surface area contributed by atoms with Gasteiger partial charge in [0.05, 0.1) is 11.3 Å². The molecule has 2 rings (SSSR count). The molecule has 0 aliphatic rings. The number of aromatic carboxylic acids is 1. The molecule has 0 bridgehead atoms. The smallest absolute Gasteiger partial charge is 0.337 e. The van der Waals surface area contributed by atoms with E-state index in [2.05, 4.69) is 17.3 Å². The van der Waals surface area contributed by atoms with Gasteiger partial charge in [-0.2, -0.15) is 0 Å². The molecule has 2 aromatic carbocycles. The Morgan fingerprint density at radius 2 is 1.74 bits per heavy atom. The third-order valence-corrected chi connectivity index (χ3v) is 2.58. The lowest BCUT2D eigenvalue weighted by atomic mass is 10.1. The highest BCUT2D eigenvalue weighted by molar-refractivity contribution is 5.94. The van der Waals surface area contributed by atoms with Crippen molar-refractivity contribution in [2.24, 2.45) is 0 Å². The Kier molecular flexibility index (Phi) is 4.20. The predicted octanol–water partition coefficient (Wildman–Crippen LogP) is 3.00. The van der Waals surface area contributed by atoms with Crippen molar-refractivity contribution in [1.82, 2.24) is 0 Å². The summed E-state index contributed by atoms with van der Waals surface area (Å²) in [5.74, 6) is 2.00. The summed E-state index contributed by atoms with van der Waals surface area (Å²) in [5, 5.41) is 11.8. The van der Waals surface area contributed by atoms with Crippen LogP contribution in [-0.2, 0) is 6.42 Å². The summed E-state index contributed by atoms with van der Waals surface area (Å²) in [6, 6.07) is 19.4. The number of benzene rings is 2. The molecule has 0 fully saturated rings. The van der Waals surface area contributed by atoms with E-state index in [4.69, 9.17) is 5.11 Å². The summed E-state index contributed by atoms with van der Waals surface area (Å²) >= 11 is 0. The molecule has 0 aromatic heterocycles. The van der Waals surface area contributed by atoms with E-state index in [9.17, 15) is 4.79 Å². The van der Waals surface area contributed by atoms with E-state index >= 15 is 0 Å². The first kappa shape index (κ1) is 12.7. The van der Waals surface area contributed by atoms with Gasteiger partial charge in [0.1, 0.15) is 0 Å². The number of rotatable bonds is 3. The van der Waals surface area contributed by atoms with E-state index in [0.717, 1.165) is 5.56 Å². The lowest BCUT2D eigenvalue weighted by Gasteiger charge is -2.02. The number of nitrogens with one attached hydrogen (secondary N) is 1. The minimum atomic E-state index is -0.965.